The summed E-state index contributed by atoms with van der Waals surface area (Å²) < 4.78 is 2.02. The van der Waals surface area contributed by atoms with Gasteiger partial charge in [0.05, 0.1) is 24.3 Å². The summed E-state index contributed by atoms with van der Waals surface area (Å²) in [4.78, 5) is 27.7. The molecule has 0 saturated carbocycles. The Balaban J connectivity index is 1.63. The molecule has 0 spiro atoms. The van der Waals surface area contributed by atoms with Gasteiger partial charge in [-0.2, -0.15) is 0 Å². The van der Waals surface area contributed by atoms with Gasteiger partial charge < -0.3 is 9.67 Å². The number of hydrogen-bond acceptors (Lipinski definition) is 3. The summed E-state index contributed by atoms with van der Waals surface area (Å²) in [5.74, 6) is -0.0459. The van der Waals surface area contributed by atoms with Crippen LogP contribution >= 0.6 is 0 Å². The summed E-state index contributed by atoms with van der Waals surface area (Å²) in [5.41, 5.74) is 4.08. The Morgan fingerprint density at radius 1 is 1.16 bits per heavy atom. The van der Waals surface area contributed by atoms with Crippen molar-refractivity contribution in [3.8, 4) is 11.3 Å². The van der Waals surface area contributed by atoms with Gasteiger partial charge in [0.15, 0.2) is 5.78 Å². The number of Topliss-reactive ketones (excluding diaryl/α,β-unsaturated/α-hetero) is 1. The third-order valence-corrected chi connectivity index (χ3v) is 4.41. The third kappa shape index (κ3) is 2.67. The number of hydrogen-bond donors (Lipinski definition) is 2. The lowest BCUT2D eigenvalue weighted by Gasteiger charge is -2.14. The summed E-state index contributed by atoms with van der Waals surface area (Å²) in [7, 11) is 0. The first-order valence-corrected chi connectivity index (χ1v) is 7.88. The maximum Gasteiger partial charge on any atom is 0.409 e. The number of benzene rings is 2. The van der Waals surface area contributed by atoms with Crippen LogP contribution in [0.3, 0.4) is 0 Å². The summed E-state index contributed by atoms with van der Waals surface area (Å²) in [6.07, 6.45) is 2.69. The zero-order chi connectivity index (χ0) is 17.4. The van der Waals surface area contributed by atoms with E-state index in [2.05, 4.69) is 10.3 Å². The average molecular weight is 333 g/mol. The van der Waals surface area contributed by atoms with Gasteiger partial charge in [0, 0.05) is 23.2 Å². The highest BCUT2D eigenvalue weighted by Gasteiger charge is 2.29. The van der Waals surface area contributed by atoms with Crippen LogP contribution in [-0.2, 0) is 0 Å². The lowest BCUT2D eigenvalue weighted by molar-refractivity contribution is 0.0970. The molecule has 2 heterocycles. The Kier molecular flexibility index (Phi) is 3.57. The van der Waals surface area contributed by atoms with Crippen molar-refractivity contribution in [1.29, 1.82) is 0 Å². The summed E-state index contributed by atoms with van der Waals surface area (Å²) >= 11 is 0. The molecule has 25 heavy (non-hydrogen) atoms. The van der Waals surface area contributed by atoms with Gasteiger partial charge in [0.1, 0.15) is 0 Å². The van der Waals surface area contributed by atoms with Gasteiger partial charge in [-0.05, 0) is 17.7 Å². The molecule has 1 aromatic heterocycles. The SMILES string of the molecule is O=C(O)Nc1cccc(C(=O)CC2c3ccccc3-c3cncn32)c1. The van der Waals surface area contributed by atoms with Crippen molar-refractivity contribution in [2.45, 2.75) is 12.5 Å². The first-order chi connectivity index (χ1) is 12.1. The molecule has 0 saturated heterocycles. The fourth-order valence-electron chi connectivity index (χ4n) is 3.33. The normalized spacial score (nSPS) is 14.6. The van der Waals surface area contributed by atoms with Crippen LogP contribution < -0.4 is 5.32 Å². The number of nitrogens with one attached hydrogen (secondary N) is 1. The monoisotopic (exact) mass is 333 g/mol. The van der Waals surface area contributed by atoms with E-state index in [0.717, 1.165) is 16.8 Å². The molecule has 124 valence electrons. The van der Waals surface area contributed by atoms with Crippen molar-refractivity contribution in [3.05, 3.63) is 72.2 Å². The molecule has 1 aliphatic heterocycles. The molecule has 0 fully saturated rings. The number of amides is 1. The van der Waals surface area contributed by atoms with E-state index < -0.39 is 6.09 Å². The highest BCUT2D eigenvalue weighted by atomic mass is 16.4. The minimum absolute atomic E-state index is 0.0459. The second kappa shape index (κ2) is 5.90. The summed E-state index contributed by atoms with van der Waals surface area (Å²) in [5, 5.41) is 11.1. The predicted molar refractivity (Wildman–Crippen MR) is 92.8 cm³/mol. The number of carbonyl (C=O) groups excluding carboxylic acids is 1. The van der Waals surface area contributed by atoms with E-state index >= 15 is 0 Å². The van der Waals surface area contributed by atoms with E-state index in [4.69, 9.17) is 5.11 Å². The van der Waals surface area contributed by atoms with Crippen LogP contribution in [0.2, 0.25) is 0 Å². The van der Waals surface area contributed by atoms with Crippen molar-refractivity contribution < 1.29 is 14.7 Å². The number of ketones is 1. The molecule has 0 aliphatic carbocycles. The molecule has 1 aliphatic rings. The van der Waals surface area contributed by atoms with Gasteiger partial charge in [-0.25, -0.2) is 9.78 Å². The number of carbonyl (C=O) groups is 2. The molecule has 2 N–H and O–H groups in total. The number of fused-ring (bicyclic) bond motifs is 3. The first-order valence-electron chi connectivity index (χ1n) is 7.88. The minimum Gasteiger partial charge on any atom is -0.465 e. The topological polar surface area (TPSA) is 84.2 Å². The van der Waals surface area contributed by atoms with Crippen molar-refractivity contribution >= 4 is 17.6 Å². The number of anilines is 1. The van der Waals surface area contributed by atoms with E-state index in [1.807, 2.05) is 28.8 Å². The maximum atomic E-state index is 12.8. The van der Waals surface area contributed by atoms with Gasteiger partial charge in [0.2, 0.25) is 0 Å². The molecule has 1 unspecified atom stereocenters. The molecule has 1 amide bonds. The molecule has 0 bridgehead atoms. The number of rotatable bonds is 4. The number of aromatic nitrogens is 2. The smallest absolute Gasteiger partial charge is 0.409 e. The Morgan fingerprint density at radius 3 is 2.84 bits per heavy atom. The van der Waals surface area contributed by atoms with Crippen LogP contribution in [0.15, 0.2) is 61.1 Å². The Bertz CT molecular complexity index is 977. The van der Waals surface area contributed by atoms with Crippen molar-refractivity contribution in [2.24, 2.45) is 0 Å². The second-order valence-corrected chi connectivity index (χ2v) is 5.93. The molecule has 1 atom stereocenters. The Hall–Kier alpha value is -3.41. The Morgan fingerprint density at radius 2 is 2.00 bits per heavy atom. The van der Waals surface area contributed by atoms with E-state index in [9.17, 15) is 9.59 Å². The molecule has 6 heteroatoms. The average Bonchev–Trinajstić information content (AvgIpc) is 3.17. The highest BCUT2D eigenvalue weighted by molar-refractivity contribution is 5.98. The molecule has 2 aromatic carbocycles. The lowest BCUT2D eigenvalue weighted by Crippen LogP contribution is -2.12. The van der Waals surface area contributed by atoms with Crippen LogP contribution in [0.1, 0.15) is 28.4 Å². The number of imidazole rings is 1. The molecular formula is C19H15N3O3. The first kappa shape index (κ1) is 15.1. The summed E-state index contributed by atoms with van der Waals surface area (Å²) in [6.45, 7) is 0. The van der Waals surface area contributed by atoms with Crippen LogP contribution in [0.5, 0.6) is 0 Å². The van der Waals surface area contributed by atoms with Crippen molar-refractivity contribution in [2.75, 3.05) is 5.32 Å². The zero-order valence-electron chi connectivity index (χ0n) is 13.2. The van der Waals surface area contributed by atoms with Crippen LogP contribution in [0.25, 0.3) is 11.3 Å². The van der Waals surface area contributed by atoms with Gasteiger partial charge >= 0.3 is 6.09 Å². The van der Waals surface area contributed by atoms with Gasteiger partial charge in [-0.3, -0.25) is 10.1 Å². The second-order valence-electron chi connectivity index (χ2n) is 5.93. The fraction of sp³-hybridized carbons (Fsp3) is 0.105. The van der Waals surface area contributed by atoms with Crippen molar-refractivity contribution in [1.82, 2.24) is 9.55 Å². The quantitative estimate of drug-likeness (QED) is 0.711. The van der Waals surface area contributed by atoms with E-state index in [1.165, 1.54) is 0 Å². The minimum atomic E-state index is -1.16. The van der Waals surface area contributed by atoms with Crippen LogP contribution in [0.4, 0.5) is 10.5 Å². The van der Waals surface area contributed by atoms with Gasteiger partial charge in [0.25, 0.3) is 0 Å². The standard InChI is InChI=1S/C19H15N3O3/c23-18(12-4-3-5-13(8-12)21-19(24)25)9-16-14-6-1-2-7-15(14)17-10-20-11-22(16)17/h1-8,10-11,16,21H,9H2,(H,24,25). The van der Waals surface area contributed by atoms with Gasteiger partial charge in [-0.15, -0.1) is 0 Å². The number of carboxylic acid groups (broad SMARTS) is 1. The third-order valence-electron chi connectivity index (χ3n) is 4.41. The molecular weight excluding hydrogens is 318 g/mol. The van der Waals surface area contributed by atoms with E-state index in [1.54, 1.807) is 36.8 Å². The van der Waals surface area contributed by atoms with E-state index in [0.29, 0.717) is 11.3 Å². The molecule has 4 rings (SSSR count). The lowest BCUT2D eigenvalue weighted by atomic mass is 9.96. The maximum absolute atomic E-state index is 12.8. The van der Waals surface area contributed by atoms with Gasteiger partial charge in [-0.1, -0.05) is 36.4 Å². The largest absolute Gasteiger partial charge is 0.465 e. The zero-order valence-corrected chi connectivity index (χ0v) is 13.2. The predicted octanol–water partition coefficient (Wildman–Crippen LogP) is 3.82. The fourth-order valence-corrected chi connectivity index (χ4v) is 3.33. The molecule has 0 radical (unpaired) electrons. The Labute approximate surface area is 143 Å². The van der Waals surface area contributed by atoms with Crippen LogP contribution in [0, 0.1) is 0 Å². The van der Waals surface area contributed by atoms with Crippen molar-refractivity contribution in [3.63, 3.8) is 0 Å². The molecule has 3 aromatic rings. The summed E-state index contributed by atoms with van der Waals surface area (Å²) in [6, 6.07) is 14.4. The van der Waals surface area contributed by atoms with Crippen LogP contribution in [-0.4, -0.2) is 26.5 Å². The number of nitrogens with zero attached hydrogens (tertiary/aromatic N) is 2. The highest BCUT2D eigenvalue weighted by Crippen LogP contribution is 2.41. The molecule has 6 nitrogen and oxygen atoms in total. The van der Waals surface area contributed by atoms with E-state index in [-0.39, 0.29) is 18.2 Å².